The van der Waals surface area contributed by atoms with Crippen LogP contribution in [0.25, 0.3) is 0 Å². The molecule has 0 fully saturated rings. The van der Waals surface area contributed by atoms with Crippen LogP contribution in [0.3, 0.4) is 0 Å². The topological polar surface area (TPSA) is 179 Å². The van der Waals surface area contributed by atoms with E-state index in [0.29, 0.717) is 17.8 Å². The molecule has 1 amide bonds. The van der Waals surface area contributed by atoms with Gasteiger partial charge < -0.3 is 9.84 Å². The van der Waals surface area contributed by atoms with Gasteiger partial charge in [-0.2, -0.15) is 0 Å². The molecule has 0 atom stereocenters. The molecule has 0 aliphatic rings. The summed E-state index contributed by atoms with van der Waals surface area (Å²) in [6, 6.07) is 8.94. The molecule has 2 aromatic carbocycles. The van der Waals surface area contributed by atoms with Crippen molar-refractivity contribution in [2.45, 2.75) is 0 Å². The fourth-order valence-electron chi connectivity index (χ4n) is 2.29. The Labute approximate surface area is 155 Å². The minimum atomic E-state index is -1.33. The van der Waals surface area contributed by atoms with Gasteiger partial charge in [0.05, 0.1) is 33.4 Å². The van der Waals surface area contributed by atoms with Gasteiger partial charge in [-0.3, -0.25) is 35.2 Å². The molecule has 13 nitrogen and oxygen atoms in total. The molecule has 0 aliphatic carbocycles. The number of hydrogen-bond donors (Lipinski definition) is 1. The number of ether oxygens (including phenoxy) is 1. The number of nitro groups is 3. The summed E-state index contributed by atoms with van der Waals surface area (Å²) >= 11 is 0. The number of carboxylic acid groups (broad SMARTS) is 1. The second kappa shape index (κ2) is 8.39. The molecule has 0 saturated heterocycles. The van der Waals surface area contributed by atoms with Crippen LogP contribution in [-0.2, 0) is 0 Å². The van der Waals surface area contributed by atoms with Crippen LogP contribution in [0.4, 0.5) is 27.5 Å². The van der Waals surface area contributed by atoms with E-state index in [1.165, 1.54) is 12.1 Å². The Bertz CT molecular complexity index is 897. The summed E-state index contributed by atoms with van der Waals surface area (Å²) in [7, 11) is 0. The lowest BCUT2D eigenvalue weighted by atomic mass is 10.2. The van der Waals surface area contributed by atoms with Crippen LogP contribution in [0.1, 0.15) is 0 Å². The zero-order valence-corrected chi connectivity index (χ0v) is 14.0. The van der Waals surface area contributed by atoms with E-state index in [9.17, 15) is 40.2 Å². The number of para-hydroxylation sites is 1. The number of non-ortho nitro benzene ring substituents is 1. The maximum absolute atomic E-state index is 11.4. The van der Waals surface area contributed by atoms with Crippen molar-refractivity contribution >= 4 is 28.8 Å². The molecular formula is C15H12N4O9. The van der Waals surface area contributed by atoms with Gasteiger partial charge in [-0.1, -0.05) is 18.2 Å². The van der Waals surface area contributed by atoms with Gasteiger partial charge in [0.1, 0.15) is 6.61 Å². The summed E-state index contributed by atoms with van der Waals surface area (Å²) in [6.07, 6.45) is -1.33. The monoisotopic (exact) mass is 392 g/mol. The Morgan fingerprint density at radius 1 is 0.964 bits per heavy atom. The molecule has 0 spiro atoms. The van der Waals surface area contributed by atoms with Crippen LogP contribution in [0.2, 0.25) is 0 Å². The second-order valence-electron chi connectivity index (χ2n) is 5.20. The summed E-state index contributed by atoms with van der Waals surface area (Å²) < 4.78 is 5.12. The predicted molar refractivity (Wildman–Crippen MR) is 93.7 cm³/mol. The van der Waals surface area contributed by atoms with Crippen LogP contribution in [0.5, 0.6) is 5.75 Å². The fraction of sp³-hybridized carbons (Fsp3) is 0.133. The maximum atomic E-state index is 11.4. The predicted octanol–water partition coefficient (Wildman–Crippen LogP) is 2.97. The Hall–Kier alpha value is -4.29. The molecular weight excluding hydrogens is 380 g/mol. The third kappa shape index (κ3) is 4.46. The van der Waals surface area contributed by atoms with Crippen molar-refractivity contribution in [1.29, 1.82) is 0 Å². The number of amides is 1. The van der Waals surface area contributed by atoms with Crippen LogP contribution in [0.15, 0.2) is 42.5 Å². The average molecular weight is 392 g/mol. The minimum absolute atomic E-state index is 0.297. The number of benzene rings is 2. The van der Waals surface area contributed by atoms with Gasteiger partial charge >= 0.3 is 17.5 Å². The van der Waals surface area contributed by atoms with Gasteiger partial charge in [0.25, 0.3) is 11.4 Å². The van der Waals surface area contributed by atoms with E-state index in [-0.39, 0.29) is 6.54 Å². The largest absolute Gasteiger partial charge is 0.480 e. The lowest BCUT2D eigenvalue weighted by Crippen LogP contribution is -2.33. The van der Waals surface area contributed by atoms with Gasteiger partial charge in [-0.25, -0.2) is 4.79 Å². The molecule has 0 aromatic heterocycles. The molecule has 1 N–H and O–H groups in total. The van der Waals surface area contributed by atoms with E-state index in [2.05, 4.69) is 0 Å². The molecule has 0 bridgehead atoms. The molecule has 2 rings (SSSR count). The molecule has 0 saturated carbocycles. The first kappa shape index (κ1) is 20.0. The summed E-state index contributed by atoms with van der Waals surface area (Å²) in [6.45, 7) is -0.772. The highest BCUT2D eigenvalue weighted by atomic mass is 16.6. The van der Waals surface area contributed by atoms with Crippen molar-refractivity contribution in [3.05, 3.63) is 72.8 Å². The summed E-state index contributed by atoms with van der Waals surface area (Å²) in [4.78, 5) is 42.3. The van der Waals surface area contributed by atoms with Gasteiger partial charge in [-0.15, -0.1) is 0 Å². The first-order chi connectivity index (χ1) is 13.2. The van der Waals surface area contributed by atoms with Gasteiger partial charge in [-0.05, 0) is 12.1 Å². The normalized spacial score (nSPS) is 10.1. The standard InChI is InChI=1S/C15H12N4O9/c20-15(21)16(10-4-2-1-3-5-10)6-7-28-14-12(18(24)25)8-11(17(22)23)9-13(14)19(26)27/h1-5,8-9H,6-7H2,(H,20,21). The minimum Gasteiger partial charge on any atom is -0.480 e. The summed E-state index contributed by atoms with van der Waals surface area (Å²) in [5.41, 5.74) is -2.49. The van der Waals surface area contributed by atoms with Crippen LogP contribution in [0, 0.1) is 30.3 Å². The molecule has 13 heteroatoms. The highest BCUT2D eigenvalue weighted by molar-refractivity contribution is 5.85. The first-order valence-corrected chi connectivity index (χ1v) is 7.52. The number of hydrogen-bond acceptors (Lipinski definition) is 8. The second-order valence-corrected chi connectivity index (χ2v) is 5.20. The molecule has 0 aliphatic heterocycles. The van der Waals surface area contributed by atoms with E-state index in [1.807, 2.05) is 0 Å². The molecule has 146 valence electrons. The van der Waals surface area contributed by atoms with Crippen molar-refractivity contribution in [2.24, 2.45) is 0 Å². The molecule has 0 unspecified atom stereocenters. The number of nitro benzene ring substituents is 3. The highest BCUT2D eigenvalue weighted by Gasteiger charge is 2.32. The third-order valence-electron chi connectivity index (χ3n) is 3.50. The lowest BCUT2D eigenvalue weighted by molar-refractivity contribution is -0.404. The van der Waals surface area contributed by atoms with Crippen molar-refractivity contribution in [2.75, 3.05) is 18.1 Å². The number of rotatable bonds is 8. The lowest BCUT2D eigenvalue weighted by Gasteiger charge is -2.19. The van der Waals surface area contributed by atoms with E-state index in [4.69, 9.17) is 4.74 Å². The number of carbonyl (C=O) groups is 1. The Kier molecular flexibility index (Phi) is 6.00. The average Bonchev–Trinajstić information content (AvgIpc) is 2.64. The SMILES string of the molecule is O=C(O)N(CCOc1c([N+](=O)[O-])cc([N+](=O)[O-])cc1[N+](=O)[O-])c1ccccc1. The molecule has 0 heterocycles. The molecule has 2 aromatic rings. The smallest absolute Gasteiger partial charge is 0.411 e. The van der Waals surface area contributed by atoms with Crippen LogP contribution >= 0.6 is 0 Å². The van der Waals surface area contributed by atoms with Crippen molar-refractivity contribution < 1.29 is 29.4 Å². The third-order valence-corrected chi connectivity index (χ3v) is 3.50. The Morgan fingerprint density at radius 2 is 1.50 bits per heavy atom. The first-order valence-electron chi connectivity index (χ1n) is 7.52. The summed E-state index contributed by atoms with van der Waals surface area (Å²) in [5.74, 6) is -0.793. The van der Waals surface area contributed by atoms with Crippen LogP contribution in [-0.4, -0.2) is 39.1 Å². The number of nitrogens with zero attached hydrogens (tertiary/aromatic N) is 4. The summed E-state index contributed by atoms with van der Waals surface area (Å²) in [5, 5.41) is 42.5. The van der Waals surface area contributed by atoms with Gasteiger partial charge in [0.2, 0.25) is 0 Å². The van der Waals surface area contributed by atoms with E-state index in [1.54, 1.807) is 18.2 Å². The van der Waals surface area contributed by atoms with Crippen molar-refractivity contribution in [3.63, 3.8) is 0 Å². The Balaban J connectivity index is 2.32. The maximum Gasteiger partial charge on any atom is 0.411 e. The van der Waals surface area contributed by atoms with Crippen molar-refractivity contribution in [1.82, 2.24) is 0 Å². The highest BCUT2D eigenvalue weighted by Crippen LogP contribution is 2.40. The Morgan fingerprint density at radius 3 is 1.93 bits per heavy atom. The number of anilines is 1. The zero-order valence-electron chi connectivity index (χ0n) is 14.0. The zero-order chi connectivity index (χ0) is 20.8. The van der Waals surface area contributed by atoms with Crippen molar-refractivity contribution in [3.8, 4) is 5.75 Å². The fourth-order valence-corrected chi connectivity index (χ4v) is 2.29. The van der Waals surface area contributed by atoms with Crippen LogP contribution < -0.4 is 9.64 Å². The van der Waals surface area contributed by atoms with Gasteiger partial charge in [0, 0.05) is 5.69 Å². The van der Waals surface area contributed by atoms with Gasteiger partial charge in [0.15, 0.2) is 0 Å². The molecule has 0 radical (unpaired) electrons. The van der Waals surface area contributed by atoms with E-state index < -0.39 is 50.3 Å². The van der Waals surface area contributed by atoms with E-state index in [0.717, 1.165) is 4.90 Å². The quantitative estimate of drug-likeness (QED) is 0.522. The molecule has 28 heavy (non-hydrogen) atoms. The van der Waals surface area contributed by atoms with E-state index >= 15 is 0 Å².